The summed E-state index contributed by atoms with van der Waals surface area (Å²) in [5.41, 5.74) is -0.208. The number of aromatic nitrogens is 2. The summed E-state index contributed by atoms with van der Waals surface area (Å²) >= 11 is 1.36. The van der Waals surface area contributed by atoms with Crippen LogP contribution in [0.5, 0.6) is 11.6 Å². The van der Waals surface area contributed by atoms with Crippen molar-refractivity contribution in [3.8, 4) is 11.6 Å². The van der Waals surface area contributed by atoms with Crippen molar-refractivity contribution in [2.75, 3.05) is 0 Å². The molecule has 0 aliphatic rings. The first kappa shape index (κ1) is 13.5. The predicted molar refractivity (Wildman–Crippen MR) is 72.1 cm³/mol. The minimum atomic E-state index is -0.996. The number of hydrogen-bond donors (Lipinski definition) is 1. The monoisotopic (exact) mass is 309 g/mol. The van der Waals surface area contributed by atoms with Crippen LogP contribution in [0.25, 0.3) is 4.96 Å². The molecule has 7 nitrogen and oxygen atoms in total. The minimum Gasteiger partial charge on any atom is -0.437 e. The Morgan fingerprint density at radius 3 is 3.00 bits per heavy atom. The van der Waals surface area contributed by atoms with Gasteiger partial charge in [0.1, 0.15) is 11.4 Å². The highest BCUT2D eigenvalue weighted by Crippen LogP contribution is 2.30. The molecular formula is C12H8FN3O4S. The number of aliphatic hydroxyl groups is 1. The Balaban J connectivity index is 1.96. The lowest BCUT2D eigenvalue weighted by atomic mass is 10.3. The molecule has 1 aromatic carbocycles. The first-order valence-electron chi connectivity index (χ1n) is 5.77. The van der Waals surface area contributed by atoms with Crippen LogP contribution in [0.2, 0.25) is 0 Å². The van der Waals surface area contributed by atoms with Gasteiger partial charge in [0.15, 0.2) is 4.96 Å². The Labute approximate surface area is 121 Å². The third-order valence-electron chi connectivity index (χ3n) is 2.80. The zero-order valence-electron chi connectivity index (χ0n) is 10.4. The van der Waals surface area contributed by atoms with Crippen molar-refractivity contribution in [3.63, 3.8) is 0 Å². The summed E-state index contributed by atoms with van der Waals surface area (Å²) in [5, 5.41) is 21.7. The lowest BCUT2D eigenvalue weighted by Crippen LogP contribution is -1.96. The van der Waals surface area contributed by atoms with Crippen LogP contribution in [0.3, 0.4) is 0 Å². The van der Waals surface area contributed by atoms with E-state index in [1.165, 1.54) is 17.4 Å². The number of imidazole rings is 1. The molecule has 0 bridgehead atoms. The van der Waals surface area contributed by atoms with Crippen LogP contribution in [0, 0.1) is 15.9 Å². The molecule has 0 unspecified atom stereocenters. The van der Waals surface area contributed by atoms with Gasteiger partial charge in [-0.3, -0.25) is 14.5 Å². The SMILES string of the molecule is O=[N+]([O-])c1ccc(Oc2nc3sccn3c2CO)cc1F. The highest BCUT2D eigenvalue weighted by atomic mass is 32.1. The second-order valence-corrected chi connectivity index (χ2v) is 4.92. The smallest absolute Gasteiger partial charge is 0.305 e. The van der Waals surface area contributed by atoms with Crippen LogP contribution in [0.15, 0.2) is 29.8 Å². The third-order valence-corrected chi connectivity index (χ3v) is 3.56. The fourth-order valence-electron chi connectivity index (χ4n) is 1.85. The molecule has 0 aliphatic carbocycles. The predicted octanol–water partition coefficient (Wildman–Crippen LogP) is 2.73. The van der Waals surface area contributed by atoms with Crippen molar-refractivity contribution in [3.05, 3.63) is 51.4 Å². The number of nitro benzene ring substituents is 1. The molecule has 108 valence electrons. The summed E-state index contributed by atoms with van der Waals surface area (Å²) in [6.07, 6.45) is 1.72. The van der Waals surface area contributed by atoms with Crippen LogP contribution in [0.4, 0.5) is 10.1 Å². The number of ether oxygens (including phenoxy) is 1. The van der Waals surface area contributed by atoms with E-state index >= 15 is 0 Å². The van der Waals surface area contributed by atoms with Gasteiger partial charge in [-0.15, -0.1) is 11.3 Å². The van der Waals surface area contributed by atoms with E-state index in [2.05, 4.69) is 4.98 Å². The minimum absolute atomic E-state index is 0.0681. The first-order valence-corrected chi connectivity index (χ1v) is 6.65. The van der Waals surface area contributed by atoms with E-state index in [0.717, 1.165) is 12.1 Å². The summed E-state index contributed by atoms with van der Waals surface area (Å²) in [6.45, 7) is -0.303. The highest BCUT2D eigenvalue weighted by molar-refractivity contribution is 7.15. The topological polar surface area (TPSA) is 89.9 Å². The highest BCUT2D eigenvalue weighted by Gasteiger charge is 2.18. The van der Waals surface area contributed by atoms with Gasteiger partial charge in [0, 0.05) is 23.7 Å². The molecule has 0 fully saturated rings. The summed E-state index contributed by atoms with van der Waals surface area (Å²) in [7, 11) is 0. The fraction of sp³-hybridized carbons (Fsp3) is 0.0833. The van der Waals surface area contributed by atoms with Crippen LogP contribution in [-0.4, -0.2) is 19.4 Å². The number of rotatable bonds is 4. The number of fused-ring (bicyclic) bond motifs is 1. The van der Waals surface area contributed by atoms with Gasteiger partial charge in [0.25, 0.3) is 0 Å². The number of nitro groups is 1. The number of aliphatic hydroxyl groups excluding tert-OH is 1. The van der Waals surface area contributed by atoms with E-state index < -0.39 is 16.4 Å². The van der Waals surface area contributed by atoms with Gasteiger partial charge in [-0.05, 0) is 6.07 Å². The summed E-state index contributed by atoms with van der Waals surface area (Å²) in [6, 6.07) is 3.20. The van der Waals surface area contributed by atoms with E-state index in [0.29, 0.717) is 10.7 Å². The second kappa shape index (κ2) is 5.11. The number of nitrogens with zero attached hydrogens (tertiary/aromatic N) is 3. The second-order valence-electron chi connectivity index (χ2n) is 4.05. The number of thiazole rings is 1. The van der Waals surface area contributed by atoms with Gasteiger partial charge in [0.05, 0.1) is 11.5 Å². The molecule has 3 aromatic rings. The molecule has 2 heterocycles. The molecule has 0 saturated carbocycles. The van der Waals surface area contributed by atoms with E-state index in [1.807, 2.05) is 0 Å². The average Bonchev–Trinajstić information content (AvgIpc) is 2.98. The number of hydrogen-bond acceptors (Lipinski definition) is 6. The molecule has 9 heteroatoms. The van der Waals surface area contributed by atoms with E-state index in [4.69, 9.17) is 4.74 Å². The van der Waals surface area contributed by atoms with Crippen molar-refractivity contribution in [1.29, 1.82) is 0 Å². The summed E-state index contributed by atoms with van der Waals surface area (Å²) in [4.78, 5) is 14.5. The van der Waals surface area contributed by atoms with Gasteiger partial charge < -0.3 is 9.84 Å². The molecule has 2 aromatic heterocycles. The van der Waals surface area contributed by atoms with Crippen molar-refractivity contribution in [1.82, 2.24) is 9.38 Å². The van der Waals surface area contributed by atoms with Gasteiger partial charge in [-0.25, -0.2) is 0 Å². The van der Waals surface area contributed by atoms with Crippen molar-refractivity contribution in [2.24, 2.45) is 0 Å². The molecular weight excluding hydrogens is 301 g/mol. The Kier molecular flexibility index (Phi) is 3.28. The standard InChI is InChI=1S/C12H8FN3O4S/c13-8-5-7(1-2-9(8)16(18)19)20-11-10(6-17)15-3-4-21-12(15)14-11/h1-5,17H,6H2. The van der Waals surface area contributed by atoms with Crippen molar-refractivity contribution < 1.29 is 19.2 Å². The van der Waals surface area contributed by atoms with E-state index in [9.17, 15) is 19.6 Å². The number of halogens is 1. The van der Waals surface area contributed by atoms with E-state index in [1.54, 1.807) is 16.0 Å². The largest absolute Gasteiger partial charge is 0.437 e. The molecule has 0 radical (unpaired) electrons. The Hall–Kier alpha value is -2.52. The van der Waals surface area contributed by atoms with Crippen LogP contribution < -0.4 is 4.74 Å². The van der Waals surface area contributed by atoms with Gasteiger partial charge in [-0.2, -0.15) is 9.37 Å². The quantitative estimate of drug-likeness (QED) is 0.591. The van der Waals surface area contributed by atoms with Crippen LogP contribution in [-0.2, 0) is 6.61 Å². The maximum absolute atomic E-state index is 13.5. The maximum atomic E-state index is 13.5. The molecule has 0 aliphatic heterocycles. The van der Waals surface area contributed by atoms with Crippen molar-refractivity contribution >= 4 is 22.0 Å². The molecule has 0 atom stereocenters. The molecule has 0 spiro atoms. The molecule has 0 saturated heterocycles. The average molecular weight is 309 g/mol. The van der Waals surface area contributed by atoms with Crippen LogP contribution >= 0.6 is 11.3 Å². The Bertz CT molecular complexity index is 829. The number of benzene rings is 1. The lowest BCUT2D eigenvalue weighted by molar-refractivity contribution is -0.387. The summed E-state index contributed by atoms with van der Waals surface area (Å²) < 4.78 is 20.6. The molecule has 3 rings (SSSR count). The lowest BCUT2D eigenvalue weighted by Gasteiger charge is -2.04. The van der Waals surface area contributed by atoms with Gasteiger partial charge >= 0.3 is 5.69 Å². The third kappa shape index (κ3) is 2.32. The molecule has 21 heavy (non-hydrogen) atoms. The molecule has 0 amide bonds. The zero-order chi connectivity index (χ0) is 15.0. The maximum Gasteiger partial charge on any atom is 0.305 e. The normalized spacial score (nSPS) is 11.0. The Morgan fingerprint density at radius 2 is 2.33 bits per heavy atom. The summed E-state index contributed by atoms with van der Waals surface area (Å²) in [5.74, 6) is -0.791. The van der Waals surface area contributed by atoms with Crippen LogP contribution in [0.1, 0.15) is 5.69 Å². The molecule has 1 N–H and O–H groups in total. The first-order chi connectivity index (χ1) is 10.1. The van der Waals surface area contributed by atoms with Crippen molar-refractivity contribution in [2.45, 2.75) is 6.61 Å². The van der Waals surface area contributed by atoms with Gasteiger partial charge in [-0.1, -0.05) is 0 Å². The van der Waals surface area contributed by atoms with E-state index in [-0.39, 0.29) is 18.2 Å². The zero-order valence-corrected chi connectivity index (χ0v) is 11.2. The Morgan fingerprint density at radius 1 is 1.52 bits per heavy atom. The van der Waals surface area contributed by atoms with Gasteiger partial charge in [0.2, 0.25) is 11.7 Å². The fourth-order valence-corrected chi connectivity index (χ4v) is 2.57.